The molecule has 0 amide bonds. The molecule has 1 aromatic heterocycles. The van der Waals surface area contributed by atoms with Gasteiger partial charge in [-0.05, 0) is 43.2 Å². The van der Waals surface area contributed by atoms with Gasteiger partial charge in [-0.1, -0.05) is 19.1 Å². The van der Waals surface area contributed by atoms with Crippen molar-refractivity contribution in [2.75, 3.05) is 7.11 Å². The molecule has 2 aromatic rings. The van der Waals surface area contributed by atoms with Crippen LogP contribution in [0.2, 0.25) is 0 Å². The van der Waals surface area contributed by atoms with Gasteiger partial charge in [-0.3, -0.25) is 0 Å². The molecular formula is C16H21NO2. The zero-order chi connectivity index (χ0) is 13.7. The van der Waals surface area contributed by atoms with Crippen LogP contribution in [0.15, 0.2) is 47.1 Å². The molecule has 0 radical (unpaired) electrons. The van der Waals surface area contributed by atoms with Crippen molar-refractivity contribution in [2.45, 2.75) is 32.4 Å². The first-order chi connectivity index (χ1) is 9.24. The third kappa shape index (κ3) is 3.38. The standard InChI is InChI=1S/C16H21NO2/c1-4-15(16-6-5-11-19-16)17-12(2)13-7-9-14(18-3)10-8-13/h5-12,15,17H,4H2,1-3H3/t12-,15?/m0/s1. The second-order valence-electron chi connectivity index (χ2n) is 4.64. The van der Waals surface area contributed by atoms with Gasteiger partial charge in [0.15, 0.2) is 0 Å². The fourth-order valence-electron chi connectivity index (χ4n) is 2.18. The fourth-order valence-corrected chi connectivity index (χ4v) is 2.18. The highest BCUT2D eigenvalue weighted by Crippen LogP contribution is 2.23. The fraction of sp³-hybridized carbons (Fsp3) is 0.375. The molecule has 0 aliphatic carbocycles. The van der Waals surface area contributed by atoms with E-state index < -0.39 is 0 Å². The summed E-state index contributed by atoms with van der Waals surface area (Å²) in [5, 5.41) is 3.59. The number of hydrogen-bond acceptors (Lipinski definition) is 3. The Bertz CT molecular complexity index is 476. The van der Waals surface area contributed by atoms with Crippen LogP contribution in [-0.2, 0) is 0 Å². The lowest BCUT2D eigenvalue weighted by Crippen LogP contribution is -2.23. The Balaban J connectivity index is 2.04. The summed E-state index contributed by atoms with van der Waals surface area (Å²) in [6.07, 6.45) is 2.71. The van der Waals surface area contributed by atoms with Crippen molar-refractivity contribution in [1.82, 2.24) is 5.32 Å². The summed E-state index contributed by atoms with van der Waals surface area (Å²) in [7, 11) is 1.68. The first kappa shape index (κ1) is 13.7. The second-order valence-corrected chi connectivity index (χ2v) is 4.64. The number of benzene rings is 1. The van der Waals surface area contributed by atoms with Crippen molar-refractivity contribution < 1.29 is 9.15 Å². The van der Waals surface area contributed by atoms with Gasteiger partial charge in [-0.25, -0.2) is 0 Å². The van der Waals surface area contributed by atoms with E-state index in [4.69, 9.17) is 9.15 Å². The largest absolute Gasteiger partial charge is 0.497 e. The molecule has 2 rings (SSSR count). The molecule has 0 spiro atoms. The van der Waals surface area contributed by atoms with Crippen LogP contribution in [0.3, 0.4) is 0 Å². The SMILES string of the molecule is CCC(N[C@@H](C)c1ccc(OC)cc1)c1ccco1. The van der Waals surface area contributed by atoms with Crippen LogP contribution >= 0.6 is 0 Å². The van der Waals surface area contributed by atoms with Crippen LogP contribution in [0.1, 0.15) is 43.7 Å². The van der Waals surface area contributed by atoms with Crippen LogP contribution in [0.25, 0.3) is 0 Å². The third-order valence-electron chi connectivity index (χ3n) is 3.36. The predicted octanol–water partition coefficient (Wildman–Crippen LogP) is 4.09. The van der Waals surface area contributed by atoms with Crippen LogP contribution in [-0.4, -0.2) is 7.11 Å². The van der Waals surface area contributed by atoms with Gasteiger partial charge in [0.1, 0.15) is 11.5 Å². The molecule has 3 nitrogen and oxygen atoms in total. The molecule has 19 heavy (non-hydrogen) atoms. The van der Waals surface area contributed by atoms with Gasteiger partial charge in [0.2, 0.25) is 0 Å². The summed E-state index contributed by atoms with van der Waals surface area (Å²) in [6.45, 7) is 4.31. The molecule has 0 fully saturated rings. The minimum absolute atomic E-state index is 0.243. The van der Waals surface area contributed by atoms with E-state index in [9.17, 15) is 0 Å². The average Bonchev–Trinajstić information content (AvgIpc) is 2.98. The van der Waals surface area contributed by atoms with Crippen molar-refractivity contribution in [3.8, 4) is 5.75 Å². The van der Waals surface area contributed by atoms with E-state index in [0.29, 0.717) is 0 Å². The number of methoxy groups -OCH3 is 1. The van der Waals surface area contributed by atoms with Crippen LogP contribution in [0.5, 0.6) is 5.75 Å². The summed E-state index contributed by atoms with van der Waals surface area (Å²) < 4.78 is 10.7. The van der Waals surface area contributed by atoms with Crippen LogP contribution in [0, 0.1) is 0 Å². The molecule has 1 unspecified atom stereocenters. The Kier molecular flexibility index (Phi) is 4.63. The summed E-state index contributed by atoms with van der Waals surface area (Å²) in [5.41, 5.74) is 1.24. The molecule has 0 saturated carbocycles. The monoisotopic (exact) mass is 259 g/mol. The van der Waals surface area contributed by atoms with Gasteiger partial charge in [0.05, 0.1) is 19.4 Å². The molecule has 2 atom stereocenters. The Morgan fingerprint density at radius 1 is 1.21 bits per heavy atom. The molecule has 0 bridgehead atoms. The highest BCUT2D eigenvalue weighted by atomic mass is 16.5. The van der Waals surface area contributed by atoms with Crippen molar-refractivity contribution in [1.29, 1.82) is 0 Å². The Morgan fingerprint density at radius 2 is 1.95 bits per heavy atom. The second kappa shape index (κ2) is 6.43. The zero-order valence-corrected chi connectivity index (χ0v) is 11.7. The highest BCUT2D eigenvalue weighted by Gasteiger charge is 2.15. The maximum Gasteiger partial charge on any atom is 0.120 e. The molecular weight excluding hydrogens is 238 g/mol. The topological polar surface area (TPSA) is 34.4 Å². The number of ether oxygens (including phenoxy) is 1. The van der Waals surface area contributed by atoms with E-state index in [1.165, 1.54) is 5.56 Å². The van der Waals surface area contributed by atoms with Gasteiger partial charge in [0.25, 0.3) is 0 Å². The average molecular weight is 259 g/mol. The molecule has 3 heteroatoms. The van der Waals surface area contributed by atoms with E-state index in [2.05, 4.69) is 31.3 Å². The predicted molar refractivity (Wildman–Crippen MR) is 76.3 cm³/mol. The van der Waals surface area contributed by atoms with Gasteiger partial charge in [-0.2, -0.15) is 0 Å². The summed E-state index contributed by atoms with van der Waals surface area (Å²) in [6, 6.07) is 12.6. The quantitative estimate of drug-likeness (QED) is 0.848. The lowest BCUT2D eigenvalue weighted by atomic mass is 10.1. The van der Waals surface area contributed by atoms with Crippen molar-refractivity contribution in [3.63, 3.8) is 0 Å². The van der Waals surface area contributed by atoms with Gasteiger partial charge in [0, 0.05) is 6.04 Å². The van der Waals surface area contributed by atoms with Gasteiger partial charge in [-0.15, -0.1) is 0 Å². The minimum Gasteiger partial charge on any atom is -0.497 e. The van der Waals surface area contributed by atoms with Gasteiger partial charge < -0.3 is 14.5 Å². The first-order valence-electron chi connectivity index (χ1n) is 6.68. The summed E-state index contributed by atoms with van der Waals surface area (Å²) in [5.74, 6) is 1.87. The van der Waals surface area contributed by atoms with Gasteiger partial charge >= 0.3 is 0 Å². The normalized spacial score (nSPS) is 14.1. The molecule has 1 aromatic carbocycles. The molecule has 1 heterocycles. The first-order valence-corrected chi connectivity index (χ1v) is 6.68. The number of rotatable bonds is 6. The molecule has 0 aliphatic rings. The van der Waals surface area contributed by atoms with E-state index in [-0.39, 0.29) is 12.1 Å². The highest BCUT2D eigenvalue weighted by molar-refractivity contribution is 5.29. The lowest BCUT2D eigenvalue weighted by Gasteiger charge is -2.21. The van der Waals surface area contributed by atoms with E-state index in [1.54, 1.807) is 13.4 Å². The van der Waals surface area contributed by atoms with Crippen molar-refractivity contribution in [3.05, 3.63) is 54.0 Å². The Hall–Kier alpha value is -1.74. The summed E-state index contributed by atoms with van der Waals surface area (Å²) in [4.78, 5) is 0. The number of furan rings is 1. The number of hydrogen-bond donors (Lipinski definition) is 1. The van der Waals surface area contributed by atoms with E-state index in [0.717, 1.165) is 17.9 Å². The smallest absolute Gasteiger partial charge is 0.120 e. The van der Waals surface area contributed by atoms with Crippen LogP contribution < -0.4 is 10.1 Å². The molecule has 1 N–H and O–H groups in total. The number of nitrogens with one attached hydrogen (secondary N) is 1. The lowest BCUT2D eigenvalue weighted by molar-refractivity contribution is 0.376. The summed E-state index contributed by atoms with van der Waals surface area (Å²) >= 11 is 0. The molecule has 0 aliphatic heterocycles. The maximum atomic E-state index is 5.48. The minimum atomic E-state index is 0.243. The van der Waals surface area contributed by atoms with E-state index >= 15 is 0 Å². The Morgan fingerprint density at radius 3 is 2.47 bits per heavy atom. The Labute approximate surface area is 114 Å². The van der Waals surface area contributed by atoms with E-state index in [1.807, 2.05) is 24.3 Å². The third-order valence-corrected chi connectivity index (χ3v) is 3.36. The maximum absolute atomic E-state index is 5.48. The van der Waals surface area contributed by atoms with Crippen molar-refractivity contribution >= 4 is 0 Å². The van der Waals surface area contributed by atoms with Crippen LogP contribution in [0.4, 0.5) is 0 Å². The molecule has 102 valence electrons. The zero-order valence-electron chi connectivity index (χ0n) is 11.7. The van der Waals surface area contributed by atoms with Crippen molar-refractivity contribution in [2.24, 2.45) is 0 Å². The molecule has 0 saturated heterocycles.